The maximum absolute atomic E-state index is 13.2. The van der Waals surface area contributed by atoms with Crippen LogP contribution in [0.3, 0.4) is 0 Å². The lowest BCUT2D eigenvalue weighted by Gasteiger charge is -2.22. The third kappa shape index (κ3) is 4.09. The van der Waals surface area contributed by atoms with E-state index in [1.54, 1.807) is 40.7 Å². The molecule has 0 bridgehead atoms. The first-order valence-corrected chi connectivity index (χ1v) is 11.9. The highest BCUT2D eigenvalue weighted by atomic mass is 32.2. The van der Waals surface area contributed by atoms with Gasteiger partial charge in [0, 0.05) is 12.6 Å². The number of benzene rings is 1. The zero-order valence-corrected chi connectivity index (χ0v) is 18.8. The quantitative estimate of drug-likeness (QED) is 0.421. The maximum atomic E-state index is 13.2. The van der Waals surface area contributed by atoms with E-state index in [1.807, 2.05) is 48.7 Å². The molecule has 7 nitrogen and oxygen atoms in total. The fraction of sp³-hybridized carbons (Fsp3) is 0.174. The van der Waals surface area contributed by atoms with Crippen LogP contribution in [0.1, 0.15) is 28.5 Å². The van der Waals surface area contributed by atoms with Gasteiger partial charge in [-0.15, -0.1) is 11.3 Å². The topological polar surface area (TPSA) is 79.9 Å². The van der Waals surface area contributed by atoms with Crippen molar-refractivity contribution >= 4 is 40.4 Å². The second-order valence-electron chi connectivity index (χ2n) is 7.40. The monoisotopic (exact) mass is 461 g/mol. The minimum atomic E-state index is -0.415. The van der Waals surface area contributed by atoms with Gasteiger partial charge in [0.05, 0.1) is 22.4 Å². The van der Waals surface area contributed by atoms with Crippen molar-refractivity contribution < 1.29 is 4.79 Å². The molecular weight excluding hydrogens is 442 g/mol. The van der Waals surface area contributed by atoms with Crippen LogP contribution in [0, 0.1) is 6.92 Å². The zero-order valence-electron chi connectivity index (χ0n) is 17.2. The summed E-state index contributed by atoms with van der Waals surface area (Å²) in [6, 6.07) is 17.3. The Kier molecular flexibility index (Phi) is 5.59. The molecule has 4 heterocycles. The third-order valence-corrected chi connectivity index (χ3v) is 6.96. The Morgan fingerprint density at radius 3 is 2.75 bits per heavy atom. The SMILES string of the molecule is Cc1ccc([C@H]2CC(c3cccs3)=NN2C(=O)CSc2nc(=O)n3ccccc3n2)cc1. The third-order valence-electron chi connectivity index (χ3n) is 5.20. The fourth-order valence-corrected chi connectivity index (χ4v) is 4.99. The first-order chi connectivity index (χ1) is 15.6. The number of rotatable bonds is 5. The summed E-state index contributed by atoms with van der Waals surface area (Å²) >= 11 is 2.76. The lowest BCUT2D eigenvalue weighted by Crippen LogP contribution is -2.29. The molecule has 0 spiro atoms. The van der Waals surface area contributed by atoms with Gasteiger partial charge < -0.3 is 0 Å². The number of hydrazone groups is 1. The van der Waals surface area contributed by atoms with Crippen molar-refractivity contribution in [3.63, 3.8) is 0 Å². The lowest BCUT2D eigenvalue weighted by atomic mass is 10.00. The summed E-state index contributed by atoms with van der Waals surface area (Å²) in [6.45, 7) is 2.04. The van der Waals surface area contributed by atoms with Crippen molar-refractivity contribution in [2.45, 2.75) is 24.5 Å². The van der Waals surface area contributed by atoms with Crippen LogP contribution >= 0.6 is 23.1 Å². The molecule has 4 aromatic rings. The molecule has 1 aliphatic heterocycles. The predicted octanol–water partition coefficient (Wildman–Crippen LogP) is 3.93. The van der Waals surface area contributed by atoms with Crippen LogP contribution in [0.2, 0.25) is 0 Å². The van der Waals surface area contributed by atoms with Gasteiger partial charge in [-0.3, -0.25) is 9.20 Å². The summed E-state index contributed by atoms with van der Waals surface area (Å²) in [4.78, 5) is 34.9. The predicted molar refractivity (Wildman–Crippen MR) is 126 cm³/mol. The smallest absolute Gasteiger partial charge is 0.272 e. The summed E-state index contributed by atoms with van der Waals surface area (Å²) in [5.74, 6) is -0.0598. The van der Waals surface area contributed by atoms with Crippen LogP contribution in [-0.2, 0) is 4.79 Å². The van der Waals surface area contributed by atoms with E-state index in [0.717, 1.165) is 27.9 Å². The Labute approximate surface area is 192 Å². The average molecular weight is 462 g/mol. The molecule has 160 valence electrons. The number of hydrogen-bond donors (Lipinski definition) is 0. The second-order valence-corrected chi connectivity index (χ2v) is 9.29. The first kappa shape index (κ1) is 20.6. The number of aromatic nitrogens is 3. The molecule has 1 amide bonds. The largest absolute Gasteiger partial charge is 0.355 e. The van der Waals surface area contributed by atoms with Gasteiger partial charge in [0.25, 0.3) is 5.91 Å². The van der Waals surface area contributed by atoms with Gasteiger partial charge in [0.2, 0.25) is 0 Å². The number of fused-ring (bicyclic) bond motifs is 1. The highest BCUT2D eigenvalue weighted by Crippen LogP contribution is 2.34. The maximum Gasteiger partial charge on any atom is 0.355 e. The molecule has 0 saturated heterocycles. The molecule has 0 N–H and O–H groups in total. The van der Waals surface area contributed by atoms with E-state index in [4.69, 9.17) is 0 Å². The summed E-state index contributed by atoms with van der Waals surface area (Å²) in [6.07, 6.45) is 2.28. The molecule has 1 aliphatic rings. The number of aryl methyl sites for hydroxylation is 1. The number of nitrogens with zero attached hydrogens (tertiary/aromatic N) is 5. The minimum Gasteiger partial charge on any atom is -0.272 e. The van der Waals surface area contributed by atoms with E-state index in [-0.39, 0.29) is 22.9 Å². The molecule has 1 atom stereocenters. The Morgan fingerprint density at radius 1 is 1.12 bits per heavy atom. The molecule has 0 unspecified atom stereocenters. The summed E-state index contributed by atoms with van der Waals surface area (Å²) in [5, 5.41) is 8.54. The first-order valence-electron chi connectivity index (χ1n) is 10.1. The molecule has 0 fully saturated rings. The number of pyridine rings is 1. The van der Waals surface area contributed by atoms with E-state index < -0.39 is 5.69 Å². The van der Waals surface area contributed by atoms with Crippen molar-refractivity contribution in [3.8, 4) is 0 Å². The second kappa shape index (κ2) is 8.68. The van der Waals surface area contributed by atoms with Crippen molar-refractivity contribution in [3.05, 3.63) is 92.7 Å². The highest BCUT2D eigenvalue weighted by molar-refractivity contribution is 7.99. The molecule has 5 rings (SSSR count). The summed E-state index contributed by atoms with van der Waals surface area (Å²) in [5.41, 5.74) is 3.20. The number of carbonyl (C=O) groups excluding carboxylic acids is 1. The van der Waals surface area contributed by atoms with Crippen molar-refractivity contribution in [1.29, 1.82) is 0 Å². The Bertz CT molecular complexity index is 1360. The van der Waals surface area contributed by atoms with E-state index in [0.29, 0.717) is 12.1 Å². The Hall–Kier alpha value is -3.30. The van der Waals surface area contributed by atoms with E-state index in [2.05, 4.69) is 15.1 Å². The fourth-order valence-electron chi connectivity index (χ4n) is 3.58. The van der Waals surface area contributed by atoms with E-state index >= 15 is 0 Å². The number of thiophene rings is 1. The van der Waals surface area contributed by atoms with Gasteiger partial charge in [0.15, 0.2) is 5.16 Å². The molecule has 1 aromatic carbocycles. The average Bonchev–Trinajstić information content (AvgIpc) is 3.48. The van der Waals surface area contributed by atoms with Crippen LogP contribution in [-0.4, -0.2) is 36.7 Å². The van der Waals surface area contributed by atoms with Crippen molar-refractivity contribution in [1.82, 2.24) is 19.4 Å². The number of hydrogen-bond acceptors (Lipinski definition) is 7. The van der Waals surface area contributed by atoms with E-state index in [1.165, 1.54) is 9.96 Å². The summed E-state index contributed by atoms with van der Waals surface area (Å²) < 4.78 is 1.37. The highest BCUT2D eigenvalue weighted by Gasteiger charge is 2.33. The van der Waals surface area contributed by atoms with Gasteiger partial charge in [-0.1, -0.05) is 53.7 Å². The van der Waals surface area contributed by atoms with Gasteiger partial charge in [-0.05, 0) is 36.1 Å². The number of thioether (sulfide) groups is 1. The van der Waals surface area contributed by atoms with Gasteiger partial charge >= 0.3 is 5.69 Å². The molecule has 0 saturated carbocycles. The van der Waals surface area contributed by atoms with Crippen LogP contribution in [0.25, 0.3) is 5.65 Å². The standard InChI is InChI=1S/C23H19N5O2S2/c1-15-7-9-16(10-8-15)18-13-17(19-5-4-12-31-19)26-28(18)21(29)14-32-22-24-20-6-2-3-11-27(20)23(30)25-22/h2-12,18H,13-14H2,1H3/t18-/m1/s1. The lowest BCUT2D eigenvalue weighted by molar-refractivity contribution is -0.130. The van der Waals surface area contributed by atoms with Crippen LogP contribution in [0.15, 0.2) is 81.2 Å². The molecule has 0 aliphatic carbocycles. The summed E-state index contributed by atoms with van der Waals surface area (Å²) in [7, 11) is 0. The number of carbonyl (C=O) groups is 1. The van der Waals surface area contributed by atoms with Gasteiger partial charge in [-0.25, -0.2) is 14.8 Å². The Balaban J connectivity index is 1.39. The van der Waals surface area contributed by atoms with Gasteiger partial charge in [-0.2, -0.15) is 10.1 Å². The van der Waals surface area contributed by atoms with Crippen LogP contribution in [0.5, 0.6) is 0 Å². The van der Waals surface area contributed by atoms with Crippen molar-refractivity contribution in [2.75, 3.05) is 5.75 Å². The van der Waals surface area contributed by atoms with Crippen LogP contribution in [0.4, 0.5) is 0 Å². The normalized spacial score (nSPS) is 15.8. The minimum absolute atomic E-state index is 0.0893. The van der Waals surface area contributed by atoms with Crippen molar-refractivity contribution in [2.24, 2.45) is 5.10 Å². The molecule has 9 heteroatoms. The molecule has 32 heavy (non-hydrogen) atoms. The zero-order chi connectivity index (χ0) is 22.1. The molecular formula is C23H19N5O2S2. The Morgan fingerprint density at radius 2 is 1.97 bits per heavy atom. The van der Waals surface area contributed by atoms with E-state index in [9.17, 15) is 9.59 Å². The van der Waals surface area contributed by atoms with Crippen LogP contribution < -0.4 is 5.69 Å². The number of amides is 1. The van der Waals surface area contributed by atoms with Gasteiger partial charge in [0.1, 0.15) is 5.65 Å². The molecule has 3 aromatic heterocycles. The molecule has 0 radical (unpaired) electrons.